The van der Waals surface area contributed by atoms with Crippen LogP contribution >= 0.6 is 0 Å². The van der Waals surface area contributed by atoms with E-state index < -0.39 is 5.54 Å². The Morgan fingerprint density at radius 3 is 2.61 bits per heavy atom. The van der Waals surface area contributed by atoms with E-state index in [0.29, 0.717) is 38.4 Å². The number of aliphatic hydroxyl groups excluding tert-OH is 1. The molecule has 0 radical (unpaired) electrons. The largest absolute Gasteiger partial charge is 0.391 e. The molecule has 2 aromatic rings. The second-order valence-corrected chi connectivity index (χ2v) is 7.80. The lowest BCUT2D eigenvalue weighted by atomic mass is 9.84. The second-order valence-electron chi connectivity index (χ2n) is 7.80. The zero-order chi connectivity index (χ0) is 19.1. The standard InChI is InChI=1S/C20H24N6O2/c27-14-6-10-26(13-14)17-5-9-21-19(23-17)25-11-7-20(8-12-25)18(28)22-15-3-1-2-4-16(15)24-20/h1-5,9,14,24,27H,6-8,10-13H2,(H,22,28)/t14-/m0/s1. The highest BCUT2D eigenvalue weighted by Crippen LogP contribution is 2.36. The van der Waals surface area contributed by atoms with Crippen LogP contribution in [0, 0.1) is 0 Å². The van der Waals surface area contributed by atoms with Crippen molar-refractivity contribution in [3.8, 4) is 0 Å². The third-order valence-electron chi connectivity index (χ3n) is 6.00. The van der Waals surface area contributed by atoms with Gasteiger partial charge in [-0.25, -0.2) is 4.98 Å². The van der Waals surface area contributed by atoms with Gasteiger partial charge in [0.25, 0.3) is 0 Å². The number of hydrogen-bond donors (Lipinski definition) is 3. The third-order valence-corrected chi connectivity index (χ3v) is 6.00. The Balaban J connectivity index is 1.31. The molecule has 28 heavy (non-hydrogen) atoms. The number of aromatic nitrogens is 2. The zero-order valence-corrected chi connectivity index (χ0v) is 15.6. The van der Waals surface area contributed by atoms with Gasteiger partial charge in [0.15, 0.2) is 0 Å². The molecule has 1 atom stereocenters. The molecule has 3 N–H and O–H groups in total. The smallest absolute Gasteiger partial charge is 0.250 e. The minimum absolute atomic E-state index is 0.0339. The minimum Gasteiger partial charge on any atom is -0.391 e. The molecular weight excluding hydrogens is 356 g/mol. The van der Waals surface area contributed by atoms with E-state index in [2.05, 4.69) is 25.4 Å². The van der Waals surface area contributed by atoms with Gasteiger partial charge in [0.2, 0.25) is 11.9 Å². The molecule has 2 fully saturated rings. The van der Waals surface area contributed by atoms with Crippen LogP contribution in [-0.4, -0.2) is 58.8 Å². The number of β-amino-alcohol motifs (C(OH)–C–C–N with tert-alkyl or cyclic N) is 1. The van der Waals surface area contributed by atoms with Crippen LogP contribution in [0.15, 0.2) is 36.5 Å². The summed E-state index contributed by atoms with van der Waals surface area (Å²) in [7, 11) is 0. The number of amides is 1. The molecule has 0 saturated carbocycles. The maximum Gasteiger partial charge on any atom is 0.250 e. The van der Waals surface area contributed by atoms with Crippen molar-refractivity contribution in [1.29, 1.82) is 0 Å². The molecule has 3 aliphatic heterocycles. The fraction of sp³-hybridized carbons (Fsp3) is 0.450. The van der Waals surface area contributed by atoms with Crippen molar-refractivity contribution in [3.05, 3.63) is 36.5 Å². The van der Waals surface area contributed by atoms with E-state index in [1.807, 2.05) is 30.3 Å². The highest BCUT2D eigenvalue weighted by atomic mass is 16.3. The number of hydrogen-bond acceptors (Lipinski definition) is 7. The van der Waals surface area contributed by atoms with Gasteiger partial charge in [-0.1, -0.05) is 12.1 Å². The van der Waals surface area contributed by atoms with Crippen molar-refractivity contribution in [3.63, 3.8) is 0 Å². The van der Waals surface area contributed by atoms with Gasteiger partial charge < -0.3 is 25.5 Å². The Labute approximate surface area is 163 Å². The lowest BCUT2D eigenvalue weighted by molar-refractivity contribution is -0.121. The number of nitrogens with one attached hydrogen (secondary N) is 2. The first kappa shape index (κ1) is 17.2. The number of carbonyl (C=O) groups excluding carboxylic acids is 1. The Kier molecular flexibility index (Phi) is 4.08. The van der Waals surface area contributed by atoms with Crippen molar-refractivity contribution >= 4 is 29.0 Å². The topological polar surface area (TPSA) is 93.6 Å². The number of piperidine rings is 1. The van der Waals surface area contributed by atoms with Gasteiger partial charge in [-0.3, -0.25) is 4.79 Å². The van der Waals surface area contributed by atoms with Crippen LogP contribution in [0.5, 0.6) is 0 Å². The Morgan fingerprint density at radius 2 is 1.86 bits per heavy atom. The number of nitrogens with zero attached hydrogens (tertiary/aromatic N) is 4. The van der Waals surface area contributed by atoms with Crippen LogP contribution in [0.3, 0.4) is 0 Å². The summed E-state index contributed by atoms with van der Waals surface area (Å²) in [6, 6.07) is 9.70. The summed E-state index contributed by atoms with van der Waals surface area (Å²) in [6.07, 6.45) is 3.63. The summed E-state index contributed by atoms with van der Waals surface area (Å²) >= 11 is 0. The molecule has 1 spiro atoms. The molecule has 3 aliphatic rings. The first-order valence-electron chi connectivity index (χ1n) is 9.83. The van der Waals surface area contributed by atoms with Gasteiger partial charge in [0.1, 0.15) is 11.4 Å². The summed E-state index contributed by atoms with van der Waals surface area (Å²) < 4.78 is 0. The van der Waals surface area contributed by atoms with Crippen molar-refractivity contribution < 1.29 is 9.90 Å². The van der Waals surface area contributed by atoms with E-state index >= 15 is 0 Å². The van der Waals surface area contributed by atoms with E-state index in [-0.39, 0.29) is 12.0 Å². The molecule has 1 aromatic heterocycles. The van der Waals surface area contributed by atoms with Crippen molar-refractivity contribution in [1.82, 2.24) is 9.97 Å². The molecule has 8 nitrogen and oxygen atoms in total. The van der Waals surface area contributed by atoms with Crippen LogP contribution in [-0.2, 0) is 4.79 Å². The van der Waals surface area contributed by atoms with Crippen molar-refractivity contribution in [2.45, 2.75) is 30.9 Å². The first-order valence-corrected chi connectivity index (χ1v) is 9.83. The van der Waals surface area contributed by atoms with E-state index in [0.717, 1.165) is 30.2 Å². The molecule has 1 amide bonds. The molecule has 8 heteroatoms. The normalized spacial score (nSPS) is 23.3. The summed E-state index contributed by atoms with van der Waals surface area (Å²) in [5.41, 5.74) is 1.23. The lowest BCUT2D eigenvalue weighted by Crippen LogP contribution is -2.58. The summed E-state index contributed by atoms with van der Waals surface area (Å²) in [5.74, 6) is 1.57. The SMILES string of the molecule is O=C1Nc2ccccc2NC12CCN(c1nccc(N3CC[C@H](O)C3)n1)CC2. The Hall–Kier alpha value is -2.87. The van der Waals surface area contributed by atoms with E-state index in [9.17, 15) is 9.90 Å². The number of carbonyl (C=O) groups is 1. The van der Waals surface area contributed by atoms with E-state index in [1.54, 1.807) is 6.20 Å². The lowest BCUT2D eigenvalue weighted by Gasteiger charge is -2.44. The average Bonchev–Trinajstić information content (AvgIpc) is 3.16. The highest BCUT2D eigenvalue weighted by Gasteiger charge is 2.44. The monoisotopic (exact) mass is 380 g/mol. The fourth-order valence-electron chi connectivity index (χ4n) is 4.32. The van der Waals surface area contributed by atoms with Crippen molar-refractivity contribution in [2.75, 3.05) is 46.6 Å². The fourth-order valence-corrected chi connectivity index (χ4v) is 4.32. The summed E-state index contributed by atoms with van der Waals surface area (Å²) in [5, 5.41) is 16.3. The van der Waals surface area contributed by atoms with E-state index in [1.165, 1.54) is 0 Å². The quantitative estimate of drug-likeness (QED) is 0.726. The molecule has 5 rings (SSSR count). The molecule has 0 unspecified atom stereocenters. The minimum atomic E-state index is -0.582. The van der Waals surface area contributed by atoms with E-state index in [4.69, 9.17) is 4.98 Å². The number of anilines is 4. The molecule has 0 aliphatic carbocycles. The Morgan fingerprint density at radius 1 is 1.07 bits per heavy atom. The summed E-state index contributed by atoms with van der Waals surface area (Å²) in [4.78, 5) is 26.2. The number of benzene rings is 1. The van der Waals surface area contributed by atoms with Crippen LogP contribution < -0.4 is 20.4 Å². The number of fused-ring (bicyclic) bond motifs is 1. The molecule has 0 bridgehead atoms. The molecule has 4 heterocycles. The summed E-state index contributed by atoms with van der Waals surface area (Å²) in [6.45, 7) is 2.83. The number of para-hydroxylation sites is 2. The maximum absolute atomic E-state index is 12.8. The van der Waals surface area contributed by atoms with Gasteiger partial charge in [0, 0.05) is 32.4 Å². The molecule has 1 aromatic carbocycles. The molecular formula is C20H24N6O2. The maximum atomic E-state index is 12.8. The predicted molar refractivity (Wildman–Crippen MR) is 108 cm³/mol. The van der Waals surface area contributed by atoms with Crippen LogP contribution in [0.2, 0.25) is 0 Å². The third kappa shape index (κ3) is 2.93. The van der Waals surface area contributed by atoms with Gasteiger partial charge in [-0.2, -0.15) is 4.98 Å². The van der Waals surface area contributed by atoms with Crippen LogP contribution in [0.1, 0.15) is 19.3 Å². The zero-order valence-electron chi connectivity index (χ0n) is 15.6. The van der Waals surface area contributed by atoms with Gasteiger partial charge in [-0.05, 0) is 37.5 Å². The predicted octanol–water partition coefficient (Wildman–Crippen LogP) is 1.45. The van der Waals surface area contributed by atoms with Crippen LogP contribution in [0.4, 0.5) is 23.1 Å². The second kappa shape index (κ2) is 6.63. The average molecular weight is 380 g/mol. The van der Waals surface area contributed by atoms with Crippen molar-refractivity contribution in [2.24, 2.45) is 0 Å². The number of aliphatic hydroxyl groups is 1. The first-order chi connectivity index (χ1) is 13.6. The Bertz CT molecular complexity index is 896. The van der Waals surface area contributed by atoms with Crippen LogP contribution in [0.25, 0.3) is 0 Å². The number of rotatable bonds is 2. The molecule has 2 saturated heterocycles. The van der Waals surface area contributed by atoms with Gasteiger partial charge in [-0.15, -0.1) is 0 Å². The van der Waals surface area contributed by atoms with Gasteiger partial charge >= 0.3 is 0 Å². The molecule has 146 valence electrons. The highest BCUT2D eigenvalue weighted by molar-refractivity contribution is 6.06. The van der Waals surface area contributed by atoms with Gasteiger partial charge in [0.05, 0.1) is 17.5 Å².